The predicted molar refractivity (Wildman–Crippen MR) is 124 cm³/mol. The van der Waals surface area contributed by atoms with Crippen LogP contribution in [-0.4, -0.2) is 80.7 Å². The Labute approximate surface area is 188 Å². The maximum absolute atomic E-state index is 12.1. The van der Waals surface area contributed by atoms with E-state index >= 15 is 0 Å². The molecule has 0 aromatic carbocycles. The van der Waals surface area contributed by atoms with Gasteiger partial charge in [0.15, 0.2) is 5.96 Å². The lowest BCUT2D eigenvalue weighted by Gasteiger charge is -2.34. The first kappa shape index (κ1) is 25.3. The summed E-state index contributed by atoms with van der Waals surface area (Å²) in [6.07, 6.45) is 7.72. The monoisotopic (exact) mass is 437 g/mol. The normalized spacial score (nSPS) is 19.4. The van der Waals surface area contributed by atoms with Gasteiger partial charge in [-0.05, 0) is 50.4 Å². The number of piperidine rings is 1. The molecule has 2 N–H and O–H groups in total. The van der Waals surface area contributed by atoms with Crippen molar-refractivity contribution in [2.45, 2.75) is 71.8 Å². The smallest absolute Gasteiger partial charge is 0.409 e. The molecule has 2 amide bonds. The van der Waals surface area contributed by atoms with Crippen LogP contribution < -0.4 is 10.6 Å². The summed E-state index contributed by atoms with van der Waals surface area (Å²) >= 11 is 0. The van der Waals surface area contributed by atoms with E-state index in [2.05, 4.69) is 29.5 Å². The van der Waals surface area contributed by atoms with Gasteiger partial charge < -0.3 is 25.2 Å². The summed E-state index contributed by atoms with van der Waals surface area (Å²) in [5.41, 5.74) is 0.315. The highest BCUT2D eigenvalue weighted by Gasteiger charge is 2.34. The first-order valence-electron chi connectivity index (χ1n) is 11.9. The van der Waals surface area contributed by atoms with Crippen LogP contribution in [0.2, 0.25) is 0 Å². The number of rotatable bonds is 8. The van der Waals surface area contributed by atoms with Crippen molar-refractivity contribution in [3.63, 3.8) is 0 Å². The van der Waals surface area contributed by atoms with Gasteiger partial charge in [0.1, 0.15) is 6.54 Å². The van der Waals surface area contributed by atoms with Gasteiger partial charge in [-0.3, -0.25) is 4.79 Å². The van der Waals surface area contributed by atoms with Gasteiger partial charge in [-0.25, -0.2) is 9.79 Å². The van der Waals surface area contributed by atoms with Crippen molar-refractivity contribution in [1.29, 1.82) is 0 Å². The molecule has 0 atom stereocenters. The Kier molecular flexibility index (Phi) is 9.91. The molecule has 0 spiro atoms. The molecule has 31 heavy (non-hydrogen) atoms. The van der Waals surface area contributed by atoms with Gasteiger partial charge in [0, 0.05) is 39.8 Å². The highest BCUT2D eigenvalue weighted by molar-refractivity contribution is 5.85. The molecule has 0 aromatic heterocycles. The second-order valence-electron chi connectivity index (χ2n) is 9.72. The number of carbonyl (C=O) groups excluding carboxylic acids is 2. The van der Waals surface area contributed by atoms with Crippen LogP contribution in [0.5, 0.6) is 0 Å². The fourth-order valence-electron chi connectivity index (χ4n) is 4.77. The van der Waals surface area contributed by atoms with Gasteiger partial charge in [-0.1, -0.05) is 26.7 Å². The highest BCUT2D eigenvalue weighted by Crippen LogP contribution is 2.42. The first-order chi connectivity index (χ1) is 14.7. The number of guanidine groups is 1. The molecule has 0 radical (unpaired) electrons. The Balaban J connectivity index is 1.98. The van der Waals surface area contributed by atoms with Gasteiger partial charge in [-0.15, -0.1) is 0 Å². The number of likely N-dealkylation sites (tertiary alicyclic amines) is 1. The molecule has 178 valence electrons. The van der Waals surface area contributed by atoms with E-state index in [0.29, 0.717) is 37.0 Å². The summed E-state index contributed by atoms with van der Waals surface area (Å²) in [6, 6.07) is 0.219. The zero-order chi connectivity index (χ0) is 22.9. The van der Waals surface area contributed by atoms with E-state index in [9.17, 15) is 9.59 Å². The molecule has 8 nitrogen and oxygen atoms in total. The molecule has 1 saturated carbocycles. The van der Waals surface area contributed by atoms with E-state index in [4.69, 9.17) is 4.74 Å². The zero-order valence-corrected chi connectivity index (χ0v) is 20.2. The van der Waals surface area contributed by atoms with Crippen molar-refractivity contribution in [3.8, 4) is 0 Å². The lowest BCUT2D eigenvalue weighted by molar-refractivity contribution is -0.127. The third-order valence-corrected chi connectivity index (χ3v) is 6.37. The molecule has 1 aliphatic carbocycles. The second-order valence-corrected chi connectivity index (χ2v) is 9.72. The number of carbonyl (C=O) groups is 2. The maximum Gasteiger partial charge on any atom is 0.409 e. The summed E-state index contributed by atoms with van der Waals surface area (Å²) in [5.74, 6) is 1.35. The molecule has 0 aromatic rings. The zero-order valence-electron chi connectivity index (χ0n) is 20.2. The molecular formula is C23H43N5O3. The Bertz CT molecular complexity index is 606. The number of hydrogen-bond acceptors (Lipinski definition) is 4. The molecule has 2 rings (SSSR count). The van der Waals surface area contributed by atoms with Gasteiger partial charge in [-0.2, -0.15) is 0 Å². The van der Waals surface area contributed by atoms with Crippen LogP contribution in [0.4, 0.5) is 4.79 Å². The molecule has 1 aliphatic heterocycles. The molecule has 2 aliphatic rings. The highest BCUT2D eigenvalue weighted by atomic mass is 16.6. The summed E-state index contributed by atoms with van der Waals surface area (Å²) in [6.45, 7) is 9.15. The number of ether oxygens (including phenoxy) is 1. The Hall–Kier alpha value is -1.99. The van der Waals surface area contributed by atoms with Crippen LogP contribution >= 0.6 is 0 Å². The average molecular weight is 438 g/mol. The van der Waals surface area contributed by atoms with E-state index in [1.807, 2.05) is 6.92 Å². The number of aliphatic imine (C=N–C) groups is 1. The van der Waals surface area contributed by atoms with E-state index in [-0.39, 0.29) is 24.6 Å². The van der Waals surface area contributed by atoms with Crippen LogP contribution in [0.25, 0.3) is 0 Å². The molecular weight excluding hydrogens is 394 g/mol. The van der Waals surface area contributed by atoms with Gasteiger partial charge in [0.25, 0.3) is 0 Å². The van der Waals surface area contributed by atoms with E-state index in [1.165, 1.54) is 32.1 Å². The van der Waals surface area contributed by atoms with Crippen molar-refractivity contribution in [2.24, 2.45) is 16.3 Å². The predicted octanol–water partition coefficient (Wildman–Crippen LogP) is 2.84. The molecule has 1 heterocycles. The van der Waals surface area contributed by atoms with Crippen LogP contribution in [0.1, 0.15) is 65.7 Å². The van der Waals surface area contributed by atoms with Gasteiger partial charge >= 0.3 is 6.09 Å². The topological polar surface area (TPSA) is 86.3 Å². The van der Waals surface area contributed by atoms with E-state index in [1.54, 1.807) is 23.9 Å². The van der Waals surface area contributed by atoms with Crippen molar-refractivity contribution < 1.29 is 14.3 Å². The number of likely N-dealkylation sites (N-methyl/N-ethyl adjacent to an activating group) is 1. The number of nitrogens with one attached hydrogen (secondary N) is 2. The minimum Gasteiger partial charge on any atom is -0.450 e. The summed E-state index contributed by atoms with van der Waals surface area (Å²) in [5, 5.41) is 7.09. The second kappa shape index (κ2) is 12.2. The molecule has 0 bridgehead atoms. The minimum atomic E-state index is -0.235. The van der Waals surface area contributed by atoms with Gasteiger partial charge in [0.05, 0.1) is 6.61 Å². The Morgan fingerprint density at radius 2 is 1.84 bits per heavy atom. The van der Waals surface area contributed by atoms with Gasteiger partial charge in [0.2, 0.25) is 5.91 Å². The van der Waals surface area contributed by atoms with E-state index in [0.717, 1.165) is 19.4 Å². The van der Waals surface area contributed by atoms with Crippen LogP contribution in [0.15, 0.2) is 4.99 Å². The van der Waals surface area contributed by atoms with Crippen molar-refractivity contribution >= 4 is 18.0 Å². The van der Waals surface area contributed by atoms with Crippen LogP contribution in [-0.2, 0) is 9.53 Å². The summed E-state index contributed by atoms with van der Waals surface area (Å²) < 4.78 is 5.11. The average Bonchev–Trinajstić information content (AvgIpc) is 3.18. The minimum absolute atomic E-state index is 0.0176. The quantitative estimate of drug-likeness (QED) is 0.450. The summed E-state index contributed by atoms with van der Waals surface area (Å²) in [7, 11) is 3.50. The number of hydrogen-bond donors (Lipinski definition) is 2. The largest absolute Gasteiger partial charge is 0.450 e. The first-order valence-corrected chi connectivity index (χ1v) is 11.9. The van der Waals surface area contributed by atoms with Crippen molar-refractivity contribution in [3.05, 3.63) is 0 Å². The standard InChI is InChI=1S/C23H43N5O3/c1-6-31-22(30)28-13-9-19(10-14-28)26-21(24-16-20(29)27(4)5)25-17-23(15-18(2)3)11-7-8-12-23/h18-19H,6-17H2,1-5H3,(H2,24,25,26). The SMILES string of the molecule is CCOC(=O)N1CCC(NC(=NCC(=O)N(C)C)NCC2(CC(C)C)CCCC2)CC1. The lowest BCUT2D eigenvalue weighted by atomic mass is 9.78. The van der Waals surface area contributed by atoms with Crippen molar-refractivity contribution in [2.75, 3.05) is 46.9 Å². The number of nitrogens with zero attached hydrogens (tertiary/aromatic N) is 3. The third-order valence-electron chi connectivity index (χ3n) is 6.37. The Morgan fingerprint density at radius 1 is 1.19 bits per heavy atom. The fraction of sp³-hybridized carbons (Fsp3) is 0.870. The third kappa shape index (κ3) is 8.22. The van der Waals surface area contributed by atoms with Crippen molar-refractivity contribution in [1.82, 2.24) is 20.4 Å². The fourth-order valence-corrected chi connectivity index (χ4v) is 4.77. The van der Waals surface area contributed by atoms with Crippen LogP contribution in [0, 0.1) is 11.3 Å². The molecule has 1 saturated heterocycles. The summed E-state index contributed by atoms with van der Waals surface area (Å²) in [4.78, 5) is 32.0. The maximum atomic E-state index is 12.1. The molecule has 8 heteroatoms. The molecule has 2 fully saturated rings. The number of amides is 2. The molecule has 0 unspecified atom stereocenters. The van der Waals surface area contributed by atoms with Crippen LogP contribution in [0.3, 0.4) is 0 Å². The van der Waals surface area contributed by atoms with E-state index < -0.39 is 0 Å². The lowest BCUT2D eigenvalue weighted by Crippen LogP contribution is -2.51. The Morgan fingerprint density at radius 3 is 2.39 bits per heavy atom.